The molecule has 1 aromatic rings. The second-order valence-corrected chi connectivity index (χ2v) is 6.19. The van der Waals surface area contributed by atoms with Crippen molar-refractivity contribution in [2.75, 3.05) is 26.4 Å². The monoisotopic (exact) mass is 303 g/mol. The number of aryl methyl sites for hydroxylation is 1. The Hall–Kier alpha value is -1.42. The first-order valence-electron chi connectivity index (χ1n) is 6.03. The number of carbonyl (C=O) groups is 1. The van der Waals surface area contributed by atoms with Crippen molar-refractivity contribution in [3.8, 4) is 0 Å². The number of nitrogens with zero attached hydrogens (tertiary/aromatic N) is 2. The average molecular weight is 303 g/mol. The fourth-order valence-electron chi connectivity index (χ4n) is 2.12. The lowest BCUT2D eigenvalue weighted by atomic mass is 10.2. The molecule has 1 unspecified atom stereocenters. The van der Waals surface area contributed by atoms with E-state index in [9.17, 15) is 18.3 Å². The van der Waals surface area contributed by atoms with E-state index in [1.807, 2.05) is 0 Å². The molecule has 0 aliphatic carbocycles. The quantitative estimate of drug-likeness (QED) is 0.705. The number of aliphatic hydroxyl groups excluding tert-OH is 1. The van der Waals surface area contributed by atoms with Crippen LogP contribution in [0.5, 0.6) is 0 Å². The van der Waals surface area contributed by atoms with E-state index in [1.54, 1.807) is 7.05 Å². The van der Waals surface area contributed by atoms with Gasteiger partial charge >= 0.3 is 0 Å². The number of amides is 1. The van der Waals surface area contributed by atoms with E-state index in [4.69, 9.17) is 9.88 Å². The maximum absolute atomic E-state index is 12.4. The van der Waals surface area contributed by atoms with Crippen LogP contribution in [0.2, 0.25) is 0 Å². The number of nitrogens with two attached hydrogens (primary N) is 1. The largest absolute Gasteiger partial charge is 0.394 e. The van der Waals surface area contributed by atoms with Gasteiger partial charge in [-0.15, -0.1) is 0 Å². The summed E-state index contributed by atoms with van der Waals surface area (Å²) in [6.07, 6.45) is 1.29. The third-order valence-corrected chi connectivity index (χ3v) is 4.11. The lowest BCUT2D eigenvalue weighted by Gasteiger charge is -2.34. The topological polar surface area (TPSA) is 115 Å². The van der Waals surface area contributed by atoms with Gasteiger partial charge in [0.1, 0.15) is 10.6 Å². The molecule has 2 rings (SSSR count). The Morgan fingerprint density at radius 3 is 2.85 bits per heavy atom. The van der Waals surface area contributed by atoms with Crippen LogP contribution in [0.1, 0.15) is 10.5 Å². The molecular formula is C11H17N3O5S. The van der Waals surface area contributed by atoms with Crippen LogP contribution >= 0.6 is 0 Å². The third kappa shape index (κ3) is 2.85. The predicted molar refractivity (Wildman–Crippen MR) is 69.5 cm³/mol. The van der Waals surface area contributed by atoms with Gasteiger partial charge in [0.2, 0.25) is 10.0 Å². The fourth-order valence-corrected chi connectivity index (χ4v) is 2.70. The first-order valence-corrected chi connectivity index (χ1v) is 7.58. The smallest absolute Gasteiger partial charge is 0.271 e. The molecule has 1 saturated heterocycles. The van der Waals surface area contributed by atoms with Gasteiger partial charge in [0, 0.05) is 19.8 Å². The summed E-state index contributed by atoms with van der Waals surface area (Å²) < 4.78 is 29.2. The number of morpholine rings is 1. The van der Waals surface area contributed by atoms with Crippen LogP contribution in [0.25, 0.3) is 0 Å². The molecule has 1 aliphatic rings. The molecule has 0 radical (unpaired) electrons. The Morgan fingerprint density at radius 1 is 1.60 bits per heavy atom. The minimum atomic E-state index is -3.85. The van der Waals surface area contributed by atoms with Gasteiger partial charge in [-0.05, 0) is 6.07 Å². The van der Waals surface area contributed by atoms with Crippen molar-refractivity contribution < 1.29 is 23.1 Å². The second-order valence-electron chi connectivity index (χ2n) is 4.63. The Morgan fingerprint density at radius 2 is 2.30 bits per heavy atom. The molecule has 2 heterocycles. The zero-order valence-corrected chi connectivity index (χ0v) is 11.8. The molecule has 0 bridgehead atoms. The molecule has 9 heteroatoms. The van der Waals surface area contributed by atoms with E-state index >= 15 is 0 Å². The van der Waals surface area contributed by atoms with E-state index in [-0.39, 0.29) is 29.7 Å². The van der Waals surface area contributed by atoms with Crippen LogP contribution < -0.4 is 5.14 Å². The van der Waals surface area contributed by atoms with E-state index in [0.717, 1.165) is 0 Å². The van der Waals surface area contributed by atoms with Gasteiger partial charge in [0.15, 0.2) is 0 Å². The van der Waals surface area contributed by atoms with Crippen molar-refractivity contribution in [1.82, 2.24) is 9.47 Å². The number of ether oxygens (including phenoxy) is 1. The van der Waals surface area contributed by atoms with Gasteiger partial charge in [0.25, 0.3) is 5.91 Å². The van der Waals surface area contributed by atoms with Crippen molar-refractivity contribution in [2.24, 2.45) is 12.2 Å². The van der Waals surface area contributed by atoms with Crippen LogP contribution in [0.15, 0.2) is 17.2 Å². The summed E-state index contributed by atoms with van der Waals surface area (Å²) in [5.41, 5.74) is 0.203. The highest BCUT2D eigenvalue weighted by Gasteiger charge is 2.29. The molecule has 0 spiro atoms. The van der Waals surface area contributed by atoms with Gasteiger partial charge in [-0.25, -0.2) is 13.6 Å². The van der Waals surface area contributed by atoms with Crippen LogP contribution in [0, 0.1) is 0 Å². The summed E-state index contributed by atoms with van der Waals surface area (Å²) in [5.74, 6) is -0.357. The molecule has 8 nitrogen and oxygen atoms in total. The number of aromatic nitrogens is 1. The molecule has 1 aromatic heterocycles. The number of carbonyl (C=O) groups excluding carboxylic acids is 1. The Bertz CT molecular complexity index is 610. The Balaban J connectivity index is 2.31. The Labute approximate surface area is 116 Å². The van der Waals surface area contributed by atoms with Gasteiger partial charge in [-0.3, -0.25) is 4.79 Å². The SMILES string of the molecule is Cn1cc(S(N)(=O)=O)cc1C(=O)N1CCOCC1CO. The summed E-state index contributed by atoms with van der Waals surface area (Å²) in [4.78, 5) is 13.8. The van der Waals surface area contributed by atoms with Gasteiger partial charge in [0.05, 0.1) is 25.9 Å². The highest BCUT2D eigenvalue weighted by Crippen LogP contribution is 2.16. The number of hydrogen-bond donors (Lipinski definition) is 2. The Kier molecular flexibility index (Phi) is 4.14. The number of rotatable bonds is 3. The van der Waals surface area contributed by atoms with Crippen LogP contribution in [0.4, 0.5) is 0 Å². The highest BCUT2D eigenvalue weighted by atomic mass is 32.2. The van der Waals surface area contributed by atoms with Crippen LogP contribution in [-0.2, 0) is 21.8 Å². The summed E-state index contributed by atoms with van der Waals surface area (Å²) in [6, 6.07) is 0.811. The molecule has 20 heavy (non-hydrogen) atoms. The third-order valence-electron chi connectivity index (χ3n) is 3.23. The maximum Gasteiger partial charge on any atom is 0.271 e. The van der Waals surface area contributed by atoms with Crippen molar-refractivity contribution in [3.63, 3.8) is 0 Å². The maximum atomic E-state index is 12.4. The first-order chi connectivity index (χ1) is 9.34. The van der Waals surface area contributed by atoms with Crippen LogP contribution in [0.3, 0.4) is 0 Å². The fraction of sp³-hybridized carbons (Fsp3) is 0.545. The summed E-state index contributed by atoms with van der Waals surface area (Å²) in [7, 11) is -2.29. The van der Waals surface area contributed by atoms with Crippen molar-refractivity contribution in [3.05, 3.63) is 18.0 Å². The average Bonchev–Trinajstić information content (AvgIpc) is 2.80. The molecule has 1 fully saturated rings. The number of aliphatic hydroxyl groups is 1. The van der Waals surface area contributed by atoms with Crippen molar-refractivity contribution in [2.45, 2.75) is 10.9 Å². The zero-order valence-electron chi connectivity index (χ0n) is 11.0. The number of sulfonamides is 1. The van der Waals surface area contributed by atoms with E-state index in [2.05, 4.69) is 0 Å². The van der Waals surface area contributed by atoms with Crippen molar-refractivity contribution >= 4 is 15.9 Å². The standard InChI is InChI=1S/C11H17N3O5S/c1-13-5-9(20(12,17)18)4-10(13)11(16)14-2-3-19-7-8(14)6-15/h4-5,8,15H,2-3,6-7H2,1H3,(H2,12,17,18). The summed E-state index contributed by atoms with van der Waals surface area (Å²) in [6.45, 7) is 0.779. The lowest BCUT2D eigenvalue weighted by Crippen LogP contribution is -2.50. The highest BCUT2D eigenvalue weighted by molar-refractivity contribution is 7.89. The second kappa shape index (κ2) is 5.52. The number of primary sulfonamides is 1. The van der Waals surface area contributed by atoms with Gasteiger partial charge < -0.3 is 19.3 Å². The van der Waals surface area contributed by atoms with Crippen LogP contribution in [-0.4, -0.2) is 61.3 Å². The number of hydrogen-bond acceptors (Lipinski definition) is 5. The van der Waals surface area contributed by atoms with Crippen molar-refractivity contribution in [1.29, 1.82) is 0 Å². The normalized spacial score (nSPS) is 20.1. The van der Waals surface area contributed by atoms with E-state index in [1.165, 1.54) is 21.7 Å². The molecule has 1 aliphatic heterocycles. The summed E-state index contributed by atoms with van der Waals surface area (Å²) >= 11 is 0. The van der Waals surface area contributed by atoms with E-state index in [0.29, 0.717) is 13.2 Å². The summed E-state index contributed by atoms with van der Waals surface area (Å²) in [5, 5.41) is 14.3. The zero-order chi connectivity index (χ0) is 14.9. The van der Waals surface area contributed by atoms with Gasteiger partial charge in [-0.2, -0.15) is 0 Å². The molecule has 112 valence electrons. The molecular weight excluding hydrogens is 286 g/mol. The molecule has 3 N–H and O–H groups in total. The predicted octanol–water partition coefficient (Wildman–Crippen LogP) is -1.49. The molecule has 0 aromatic carbocycles. The van der Waals surface area contributed by atoms with Gasteiger partial charge in [-0.1, -0.05) is 0 Å². The first kappa shape index (κ1) is 15.0. The van der Waals surface area contributed by atoms with E-state index < -0.39 is 16.1 Å². The molecule has 1 atom stereocenters. The lowest BCUT2D eigenvalue weighted by molar-refractivity contribution is -0.0188. The minimum absolute atomic E-state index is 0.114. The molecule has 0 saturated carbocycles. The minimum Gasteiger partial charge on any atom is -0.394 e. The molecule has 1 amide bonds.